The number of piperazine rings is 1. The lowest BCUT2D eigenvalue weighted by Gasteiger charge is -2.42. The summed E-state index contributed by atoms with van der Waals surface area (Å²) in [5, 5.41) is 15.1. The summed E-state index contributed by atoms with van der Waals surface area (Å²) >= 11 is 0. The first-order valence-corrected chi connectivity index (χ1v) is 21.4. The first kappa shape index (κ1) is 42.6. The van der Waals surface area contributed by atoms with Gasteiger partial charge in [-0.05, 0) is 107 Å². The minimum absolute atomic E-state index is 0.202. The van der Waals surface area contributed by atoms with Gasteiger partial charge in [0.15, 0.2) is 0 Å². The molecule has 0 aliphatic carbocycles. The highest BCUT2D eigenvalue weighted by Gasteiger charge is 2.35. The first-order valence-electron chi connectivity index (χ1n) is 21.4. The quantitative estimate of drug-likeness (QED) is 0.143. The standard InChI is InChI=1S/C45H66F2N8O2/c1-6-52(40-29-38(46)36(28-39(40)47)31-51-19-14-44(4,5)15-20-51)32-45(57)16-21-54(22-17-45)42-30-41(49-33-50-42)48-18-10-8-7-9-11-43(56)55-25-23-53(24-26-55)37-13-12-34(2)35(3)27-37/h12-13,27-30,33,57H,6-11,14-26,31-32H2,1-5H3,(H,48,49,50). The Hall–Kier alpha value is -4.03. The molecule has 1 aromatic heterocycles. The van der Waals surface area contributed by atoms with Crippen molar-refractivity contribution in [2.45, 2.75) is 105 Å². The van der Waals surface area contributed by atoms with E-state index in [2.05, 4.69) is 75.9 Å². The summed E-state index contributed by atoms with van der Waals surface area (Å²) in [6.07, 6.45) is 9.17. The van der Waals surface area contributed by atoms with E-state index < -0.39 is 17.2 Å². The number of anilines is 4. The normalized spacial score (nSPS) is 18.5. The van der Waals surface area contributed by atoms with Gasteiger partial charge in [0, 0.05) is 95.3 Å². The topological polar surface area (TPSA) is 91.3 Å². The lowest BCUT2D eigenvalue weighted by atomic mass is 9.82. The van der Waals surface area contributed by atoms with Crippen molar-refractivity contribution in [2.75, 3.05) is 92.0 Å². The Labute approximate surface area is 339 Å². The number of likely N-dealkylation sites (N-methyl/N-ethyl adjacent to an activating group) is 1. The number of aryl methyl sites for hydroxylation is 2. The van der Waals surface area contributed by atoms with Crippen molar-refractivity contribution in [3.8, 4) is 0 Å². The lowest BCUT2D eigenvalue weighted by Crippen LogP contribution is -2.51. The molecule has 3 aliphatic rings. The van der Waals surface area contributed by atoms with Crippen molar-refractivity contribution >= 4 is 28.9 Å². The van der Waals surface area contributed by atoms with Crippen LogP contribution in [0.1, 0.15) is 95.2 Å². The SMILES string of the molecule is CCN(CC1(O)CCN(c2cc(NCCCCCCC(=O)N3CCN(c4ccc(C)c(C)c4)CC3)ncn2)CC1)c1cc(F)c(CN2CCC(C)(C)CC2)cc1F. The molecule has 2 N–H and O–H groups in total. The van der Waals surface area contributed by atoms with Crippen molar-refractivity contribution in [1.82, 2.24) is 19.8 Å². The third-order valence-corrected chi connectivity index (χ3v) is 12.7. The fourth-order valence-electron chi connectivity index (χ4n) is 8.41. The third-order valence-electron chi connectivity index (χ3n) is 12.7. The largest absolute Gasteiger partial charge is 0.388 e. The van der Waals surface area contributed by atoms with Crippen LogP contribution in [0.2, 0.25) is 0 Å². The van der Waals surface area contributed by atoms with Crippen molar-refractivity contribution in [3.63, 3.8) is 0 Å². The van der Waals surface area contributed by atoms with E-state index in [0.29, 0.717) is 56.4 Å². The van der Waals surface area contributed by atoms with Crippen molar-refractivity contribution < 1.29 is 18.7 Å². The van der Waals surface area contributed by atoms with E-state index in [1.165, 1.54) is 28.9 Å². The highest BCUT2D eigenvalue weighted by Crippen LogP contribution is 2.33. The van der Waals surface area contributed by atoms with E-state index in [4.69, 9.17) is 0 Å². The van der Waals surface area contributed by atoms with Crippen molar-refractivity contribution in [1.29, 1.82) is 0 Å². The number of likely N-dealkylation sites (tertiary alicyclic amines) is 1. The van der Waals surface area contributed by atoms with Gasteiger partial charge in [0.1, 0.15) is 29.6 Å². The maximum Gasteiger partial charge on any atom is 0.222 e. The molecule has 6 rings (SSSR count). The predicted molar refractivity (Wildman–Crippen MR) is 227 cm³/mol. The molecule has 2 aromatic carbocycles. The molecule has 3 aromatic rings. The Morgan fingerprint density at radius 3 is 2.25 bits per heavy atom. The number of unbranched alkanes of at least 4 members (excludes halogenated alkanes) is 3. The van der Waals surface area contributed by atoms with Crippen LogP contribution < -0.4 is 20.0 Å². The zero-order valence-corrected chi connectivity index (χ0v) is 35.1. The predicted octanol–water partition coefficient (Wildman–Crippen LogP) is 7.56. The zero-order valence-electron chi connectivity index (χ0n) is 35.1. The first-order chi connectivity index (χ1) is 27.3. The van der Waals surface area contributed by atoms with Crippen LogP contribution in [0.4, 0.5) is 31.8 Å². The summed E-state index contributed by atoms with van der Waals surface area (Å²) in [4.78, 5) is 32.3. The number of carbonyl (C=O) groups is 1. The van der Waals surface area contributed by atoms with Crippen LogP contribution in [0.3, 0.4) is 0 Å². The van der Waals surface area contributed by atoms with Gasteiger partial charge in [-0.25, -0.2) is 18.7 Å². The Kier molecular flexibility index (Phi) is 14.3. The second-order valence-corrected chi connectivity index (χ2v) is 17.5. The third kappa shape index (κ3) is 11.6. The van der Waals surface area contributed by atoms with E-state index in [0.717, 1.165) is 96.0 Å². The molecule has 0 unspecified atom stereocenters. The van der Waals surface area contributed by atoms with E-state index in [-0.39, 0.29) is 18.1 Å². The molecule has 3 aliphatic heterocycles. The van der Waals surface area contributed by atoms with Gasteiger partial charge in [0.05, 0.1) is 11.3 Å². The molecule has 3 fully saturated rings. The van der Waals surface area contributed by atoms with Crippen LogP contribution in [0.5, 0.6) is 0 Å². The number of amides is 1. The molecule has 0 bridgehead atoms. The van der Waals surface area contributed by atoms with Crippen LogP contribution in [-0.2, 0) is 11.3 Å². The highest BCUT2D eigenvalue weighted by atomic mass is 19.1. The number of nitrogens with zero attached hydrogens (tertiary/aromatic N) is 7. The number of carbonyl (C=O) groups excluding carboxylic acids is 1. The fourth-order valence-corrected chi connectivity index (χ4v) is 8.41. The number of benzene rings is 2. The lowest BCUT2D eigenvalue weighted by molar-refractivity contribution is -0.131. The number of nitrogens with one attached hydrogen (secondary N) is 1. The average Bonchev–Trinajstić information content (AvgIpc) is 3.20. The number of hydrogen-bond donors (Lipinski definition) is 2. The van der Waals surface area contributed by atoms with E-state index in [9.17, 15) is 9.90 Å². The minimum Gasteiger partial charge on any atom is -0.388 e. The van der Waals surface area contributed by atoms with Crippen molar-refractivity contribution in [3.05, 3.63) is 71.1 Å². The number of halogens is 2. The Morgan fingerprint density at radius 1 is 0.825 bits per heavy atom. The summed E-state index contributed by atoms with van der Waals surface area (Å²) in [6.45, 7) is 18.8. The molecule has 3 saturated heterocycles. The molecule has 312 valence electrons. The molecule has 12 heteroatoms. The van der Waals surface area contributed by atoms with Gasteiger partial charge >= 0.3 is 0 Å². The maximum absolute atomic E-state index is 15.5. The molecule has 10 nitrogen and oxygen atoms in total. The number of rotatable bonds is 16. The highest BCUT2D eigenvalue weighted by molar-refractivity contribution is 5.76. The van der Waals surface area contributed by atoms with Gasteiger partial charge in [0.2, 0.25) is 5.91 Å². The summed E-state index contributed by atoms with van der Waals surface area (Å²) in [6, 6.07) is 11.2. The van der Waals surface area contributed by atoms with Crippen LogP contribution >= 0.6 is 0 Å². The molecule has 0 spiro atoms. The van der Waals surface area contributed by atoms with E-state index in [1.54, 1.807) is 11.2 Å². The molecule has 4 heterocycles. The van der Waals surface area contributed by atoms with Gasteiger partial charge < -0.3 is 30.0 Å². The second-order valence-electron chi connectivity index (χ2n) is 17.5. The summed E-state index contributed by atoms with van der Waals surface area (Å²) in [5.74, 6) is 0.986. The molecular weight excluding hydrogens is 723 g/mol. The summed E-state index contributed by atoms with van der Waals surface area (Å²) in [5.41, 5.74) is 3.70. The molecule has 0 radical (unpaired) electrons. The smallest absolute Gasteiger partial charge is 0.222 e. The van der Waals surface area contributed by atoms with Gasteiger partial charge in [-0.2, -0.15) is 0 Å². The molecular formula is C45H66F2N8O2. The van der Waals surface area contributed by atoms with Gasteiger partial charge in [0.25, 0.3) is 0 Å². The van der Waals surface area contributed by atoms with E-state index in [1.807, 2.05) is 17.9 Å². The van der Waals surface area contributed by atoms with E-state index >= 15 is 8.78 Å². The van der Waals surface area contributed by atoms with Gasteiger partial charge in [-0.15, -0.1) is 0 Å². The van der Waals surface area contributed by atoms with Crippen LogP contribution in [0.15, 0.2) is 42.7 Å². The minimum atomic E-state index is -1.04. The van der Waals surface area contributed by atoms with Gasteiger partial charge in [-0.3, -0.25) is 9.69 Å². The Morgan fingerprint density at radius 2 is 1.54 bits per heavy atom. The van der Waals surface area contributed by atoms with Crippen LogP contribution in [0.25, 0.3) is 0 Å². The Balaban J connectivity index is 0.882. The Bertz CT molecular complexity index is 1780. The number of aliphatic hydroxyl groups is 1. The monoisotopic (exact) mass is 789 g/mol. The molecule has 0 atom stereocenters. The number of aromatic nitrogens is 2. The fraction of sp³-hybridized carbons (Fsp3) is 0.622. The van der Waals surface area contributed by atoms with Crippen LogP contribution in [0, 0.1) is 30.9 Å². The zero-order chi connectivity index (χ0) is 40.6. The maximum atomic E-state index is 15.5. The molecule has 0 saturated carbocycles. The number of piperidine rings is 2. The average molecular weight is 789 g/mol. The second kappa shape index (κ2) is 19.1. The number of hydrogen-bond acceptors (Lipinski definition) is 9. The molecule has 1 amide bonds. The van der Waals surface area contributed by atoms with Gasteiger partial charge in [-0.1, -0.05) is 32.8 Å². The van der Waals surface area contributed by atoms with Crippen molar-refractivity contribution in [2.24, 2.45) is 5.41 Å². The van der Waals surface area contributed by atoms with Crippen LogP contribution in [-0.4, -0.2) is 108 Å². The summed E-state index contributed by atoms with van der Waals surface area (Å²) in [7, 11) is 0. The summed E-state index contributed by atoms with van der Waals surface area (Å²) < 4.78 is 30.9. The molecule has 57 heavy (non-hydrogen) atoms.